The van der Waals surface area contributed by atoms with E-state index < -0.39 is 6.09 Å². The molecule has 0 fully saturated rings. The van der Waals surface area contributed by atoms with Gasteiger partial charge in [-0.2, -0.15) is 0 Å². The van der Waals surface area contributed by atoms with Crippen LogP contribution in [-0.2, 0) is 0 Å². The van der Waals surface area contributed by atoms with Crippen LogP contribution in [0.15, 0.2) is 18.5 Å². The van der Waals surface area contributed by atoms with E-state index in [4.69, 9.17) is 16.7 Å². The van der Waals surface area contributed by atoms with Gasteiger partial charge in [-0.1, -0.05) is 17.7 Å². The Balaban J connectivity index is 2.19. The molecule has 0 aromatic carbocycles. The van der Waals surface area contributed by atoms with E-state index in [1.54, 1.807) is 6.20 Å². The number of rotatable bonds is 1. The molecule has 6 heteroatoms. The highest BCUT2D eigenvalue weighted by molar-refractivity contribution is 6.30. The van der Waals surface area contributed by atoms with Crippen molar-refractivity contribution >= 4 is 23.3 Å². The maximum absolute atomic E-state index is 10.7. The molecular weight excluding hydrogens is 230 g/mol. The first-order valence-electron chi connectivity index (χ1n) is 4.82. The fourth-order valence-electron chi connectivity index (χ4n) is 1.59. The van der Waals surface area contributed by atoms with Crippen molar-refractivity contribution in [2.75, 3.05) is 13.1 Å². The van der Waals surface area contributed by atoms with Gasteiger partial charge >= 0.3 is 6.09 Å². The average molecular weight is 240 g/mol. The molecule has 0 unspecified atom stereocenters. The lowest BCUT2D eigenvalue weighted by Gasteiger charge is -2.23. The lowest BCUT2D eigenvalue weighted by atomic mass is 10.1. The van der Waals surface area contributed by atoms with Gasteiger partial charge in [0.2, 0.25) is 0 Å². The van der Waals surface area contributed by atoms with Gasteiger partial charge in [0, 0.05) is 25.5 Å². The number of aromatic nitrogens is 2. The molecule has 0 radical (unpaired) electrons. The number of nitrogens with zero attached hydrogens (tertiary/aromatic N) is 3. The van der Waals surface area contributed by atoms with Gasteiger partial charge in [0.1, 0.15) is 5.69 Å². The maximum Gasteiger partial charge on any atom is 0.407 e. The number of halogens is 1. The summed E-state index contributed by atoms with van der Waals surface area (Å²) in [5.41, 5.74) is 1.60. The molecular formula is C10H10ClN3O2. The molecule has 2 heterocycles. The van der Waals surface area contributed by atoms with Gasteiger partial charge in [0.25, 0.3) is 0 Å². The number of amides is 1. The Bertz CT molecular complexity index is 447. The summed E-state index contributed by atoms with van der Waals surface area (Å²) in [6.45, 7) is 0.839. The Kier molecular flexibility index (Phi) is 3.05. The Hall–Kier alpha value is -1.62. The molecule has 0 saturated heterocycles. The first kappa shape index (κ1) is 10.9. The molecule has 1 aliphatic heterocycles. The van der Waals surface area contributed by atoms with Crippen molar-refractivity contribution < 1.29 is 9.90 Å². The van der Waals surface area contributed by atoms with Gasteiger partial charge in [-0.3, -0.25) is 4.98 Å². The van der Waals surface area contributed by atoms with Gasteiger partial charge < -0.3 is 10.0 Å². The van der Waals surface area contributed by atoms with Crippen LogP contribution in [-0.4, -0.2) is 39.2 Å². The first-order chi connectivity index (χ1) is 7.68. The van der Waals surface area contributed by atoms with E-state index in [1.165, 1.54) is 11.1 Å². The Morgan fingerprint density at radius 2 is 2.19 bits per heavy atom. The minimum Gasteiger partial charge on any atom is -0.465 e. The second kappa shape index (κ2) is 4.49. The number of hydrogen-bond donors (Lipinski definition) is 1. The van der Waals surface area contributed by atoms with E-state index in [0.717, 1.165) is 5.57 Å². The molecule has 0 atom stereocenters. The summed E-state index contributed by atoms with van der Waals surface area (Å²) in [4.78, 5) is 20.1. The van der Waals surface area contributed by atoms with E-state index in [9.17, 15) is 4.79 Å². The van der Waals surface area contributed by atoms with E-state index in [0.29, 0.717) is 30.4 Å². The van der Waals surface area contributed by atoms with Crippen LogP contribution >= 0.6 is 11.6 Å². The van der Waals surface area contributed by atoms with Gasteiger partial charge in [-0.05, 0) is 12.0 Å². The third-order valence-electron chi connectivity index (χ3n) is 2.44. The molecule has 0 bridgehead atoms. The monoisotopic (exact) mass is 239 g/mol. The van der Waals surface area contributed by atoms with Crippen molar-refractivity contribution in [3.8, 4) is 0 Å². The van der Waals surface area contributed by atoms with Crippen LogP contribution in [0.2, 0.25) is 5.15 Å². The molecule has 16 heavy (non-hydrogen) atoms. The normalized spacial score (nSPS) is 15.8. The number of carbonyl (C=O) groups is 1. The van der Waals surface area contributed by atoms with Gasteiger partial charge in [-0.15, -0.1) is 0 Å². The standard InChI is InChI=1S/C10H10ClN3O2/c11-9-8(12-3-4-13-9)7-1-5-14(6-2-7)10(15)16/h1,3-4H,2,5-6H2,(H,15,16). The summed E-state index contributed by atoms with van der Waals surface area (Å²) < 4.78 is 0. The van der Waals surface area contributed by atoms with Crippen molar-refractivity contribution in [3.63, 3.8) is 0 Å². The Morgan fingerprint density at radius 1 is 1.44 bits per heavy atom. The van der Waals surface area contributed by atoms with Gasteiger partial charge in [-0.25, -0.2) is 9.78 Å². The van der Waals surface area contributed by atoms with Gasteiger partial charge in [0.15, 0.2) is 5.15 Å². The predicted molar refractivity (Wildman–Crippen MR) is 59.2 cm³/mol. The molecule has 1 aliphatic rings. The fourth-order valence-corrected chi connectivity index (χ4v) is 1.82. The first-order valence-corrected chi connectivity index (χ1v) is 5.20. The van der Waals surface area contributed by atoms with Crippen molar-refractivity contribution in [3.05, 3.63) is 29.3 Å². The Labute approximate surface area is 97.4 Å². The van der Waals surface area contributed by atoms with Crippen LogP contribution < -0.4 is 0 Å². The van der Waals surface area contributed by atoms with E-state index in [2.05, 4.69) is 9.97 Å². The molecule has 0 saturated carbocycles. The molecule has 84 valence electrons. The van der Waals surface area contributed by atoms with Crippen LogP contribution in [0, 0.1) is 0 Å². The van der Waals surface area contributed by atoms with Crippen LogP contribution in [0.4, 0.5) is 4.79 Å². The van der Waals surface area contributed by atoms with Gasteiger partial charge in [0.05, 0.1) is 0 Å². The molecule has 1 aromatic rings. The predicted octanol–water partition coefficient (Wildman–Crippen LogP) is 1.90. The van der Waals surface area contributed by atoms with Crippen molar-refractivity contribution in [2.24, 2.45) is 0 Å². The van der Waals surface area contributed by atoms with Crippen LogP contribution in [0.1, 0.15) is 12.1 Å². The summed E-state index contributed by atoms with van der Waals surface area (Å²) >= 11 is 5.91. The highest BCUT2D eigenvalue weighted by Gasteiger charge is 2.18. The summed E-state index contributed by atoms with van der Waals surface area (Å²) in [5.74, 6) is 0. The summed E-state index contributed by atoms with van der Waals surface area (Å²) in [6.07, 6.45) is 4.64. The zero-order valence-electron chi connectivity index (χ0n) is 8.43. The highest BCUT2D eigenvalue weighted by atomic mass is 35.5. The number of hydrogen-bond acceptors (Lipinski definition) is 3. The minimum absolute atomic E-state index is 0.359. The number of carboxylic acid groups (broad SMARTS) is 1. The zero-order valence-corrected chi connectivity index (χ0v) is 9.18. The second-order valence-electron chi connectivity index (χ2n) is 3.40. The summed E-state index contributed by atoms with van der Waals surface area (Å²) in [5, 5.41) is 9.15. The third kappa shape index (κ3) is 2.14. The minimum atomic E-state index is -0.902. The smallest absolute Gasteiger partial charge is 0.407 e. The SMILES string of the molecule is O=C(O)N1CC=C(c2nccnc2Cl)CC1. The molecule has 1 N–H and O–H groups in total. The maximum atomic E-state index is 10.7. The van der Waals surface area contributed by atoms with Crippen LogP contribution in [0.5, 0.6) is 0 Å². The van der Waals surface area contributed by atoms with Crippen molar-refractivity contribution in [1.29, 1.82) is 0 Å². The van der Waals surface area contributed by atoms with E-state index in [-0.39, 0.29) is 0 Å². The average Bonchev–Trinajstić information content (AvgIpc) is 2.30. The third-order valence-corrected chi connectivity index (χ3v) is 2.71. The molecule has 5 nitrogen and oxygen atoms in total. The highest BCUT2D eigenvalue weighted by Crippen LogP contribution is 2.24. The zero-order chi connectivity index (χ0) is 11.5. The van der Waals surface area contributed by atoms with Crippen molar-refractivity contribution in [1.82, 2.24) is 14.9 Å². The van der Waals surface area contributed by atoms with Crippen molar-refractivity contribution in [2.45, 2.75) is 6.42 Å². The summed E-state index contributed by atoms with van der Waals surface area (Å²) in [6, 6.07) is 0. The molecule has 0 aliphatic carbocycles. The van der Waals surface area contributed by atoms with E-state index in [1.807, 2.05) is 6.08 Å². The lowest BCUT2D eigenvalue weighted by molar-refractivity contribution is 0.150. The fraction of sp³-hybridized carbons (Fsp3) is 0.300. The van der Waals surface area contributed by atoms with Crippen LogP contribution in [0.25, 0.3) is 5.57 Å². The lowest BCUT2D eigenvalue weighted by Crippen LogP contribution is -2.33. The Morgan fingerprint density at radius 3 is 2.75 bits per heavy atom. The summed E-state index contributed by atoms with van der Waals surface area (Å²) in [7, 11) is 0. The van der Waals surface area contributed by atoms with Crippen LogP contribution in [0.3, 0.4) is 0 Å². The molecule has 0 spiro atoms. The molecule has 1 aromatic heterocycles. The second-order valence-corrected chi connectivity index (χ2v) is 3.76. The quantitative estimate of drug-likeness (QED) is 0.813. The topological polar surface area (TPSA) is 66.3 Å². The largest absolute Gasteiger partial charge is 0.465 e. The van der Waals surface area contributed by atoms with E-state index >= 15 is 0 Å². The molecule has 2 rings (SSSR count). The molecule has 1 amide bonds.